The zero-order valence-corrected chi connectivity index (χ0v) is 30.3. The van der Waals surface area contributed by atoms with Crippen LogP contribution in [-0.2, 0) is 5.41 Å². The first-order chi connectivity index (χ1) is 25.9. The predicted molar refractivity (Wildman–Crippen MR) is 228 cm³/mol. The van der Waals surface area contributed by atoms with Gasteiger partial charge in [-0.15, -0.1) is 0 Å². The topological polar surface area (TPSA) is 3.24 Å². The van der Waals surface area contributed by atoms with Crippen molar-refractivity contribution >= 4 is 49.4 Å². The molecule has 1 heteroatoms. The van der Waals surface area contributed by atoms with Crippen molar-refractivity contribution in [2.45, 2.75) is 26.2 Å². The lowest BCUT2D eigenvalue weighted by Crippen LogP contribution is -2.14. The van der Waals surface area contributed by atoms with E-state index in [1.807, 2.05) is 0 Å². The fraction of sp³-hybridized carbons (Fsp3) is 0.0769. The van der Waals surface area contributed by atoms with Gasteiger partial charge in [-0.3, -0.25) is 0 Å². The third kappa shape index (κ3) is 5.31. The third-order valence-electron chi connectivity index (χ3n) is 11.1. The Hall–Kier alpha value is -6.44. The van der Waals surface area contributed by atoms with Gasteiger partial charge < -0.3 is 4.90 Å². The lowest BCUT2D eigenvalue weighted by atomic mass is 9.77. The SMILES string of the molecule is CC(C)(C)c1ccc(N(c2ccc3cc4c(cc3c2)-c2cc3cc(-c5ccccc5)ccc3cc2-4)c2ccc3ccccc3c2-c2ccccc2)cc1. The van der Waals surface area contributed by atoms with E-state index in [0.717, 1.165) is 17.1 Å². The van der Waals surface area contributed by atoms with Gasteiger partial charge in [-0.05, 0) is 143 Å². The van der Waals surface area contributed by atoms with Gasteiger partial charge in [0, 0.05) is 16.9 Å². The zero-order valence-electron chi connectivity index (χ0n) is 30.3. The van der Waals surface area contributed by atoms with Crippen LogP contribution in [0.3, 0.4) is 0 Å². The second-order valence-electron chi connectivity index (χ2n) is 15.4. The Bertz CT molecular complexity index is 2840. The summed E-state index contributed by atoms with van der Waals surface area (Å²) in [5, 5.41) is 7.53. The van der Waals surface area contributed by atoms with Crippen LogP contribution in [-0.4, -0.2) is 0 Å². The Labute approximate surface area is 311 Å². The van der Waals surface area contributed by atoms with Crippen molar-refractivity contribution < 1.29 is 0 Å². The lowest BCUT2D eigenvalue weighted by molar-refractivity contribution is 0.590. The van der Waals surface area contributed by atoms with Crippen LogP contribution in [0, 0.1) is 0 Å². The average Bonchev–Trinajstić information content (AvgIpc) is 3.20. The molecule has 0 amide bonds. The van der Waals surface area contributed by atoms with E-state index in [4.69, 9.17) is 0 Å². The van der Waals surface area contributed by atoms with Gasteiger partial charge in [0.2, 0.25) is 0 Å². The Morgan fingerprint density at radius 3 is 1.55 bits per heavy atom. The maximum atomic E-state index is 2.45. The van der Waals surface area contributed by atoms with Crippen molar-refractivity contribution in [3.05, 3.63) is 188 Å². The molecular weight excluding hydrogens is 639 g/mol. The fourth-order valence-electron chi connectivity index (χ4n) is 8.25. The van der Waals surface area contributed by atoms with Crippen LogP contribution in [0.2, 0.25) is 0 Å². The standard InChI is InChI=1S/C52H39N/c1-52(2,3)42-22-25-43(26-23-42)53(50-27-21-35-14-10-11-17-45(35)51(50)36-15-8-5-9-16-36)44-24-20-39-31-47-46-30-38-19-18-37(34-12-6-4-7-13-34)28-40(38)32-48(46)49(47)33-41(39)29-44/h4-33H,1-3H3. The first-order valence-corrected chi connectivity index (χ1v) is 18.6. The van der Waals surface area contributed by atoms with E-state index in [-0.39, 0.29) is 5.41 Å². The molecule has 1 aliphatic carbocycles. The molecule has 0 aliphatic heterocycles. The van der Waals surface area contributed by atoms with Crippen molar-refractivity contribution in [1.82, 2.24) is 0 Å². The molecule has 0 bridgehead atoms. The van der Waals surface area contributed by atoms with Gasteiger partial charge in [0.25, 0.3) is 0 Å². The largest absolute Gasteiger partial charge is 0.310 e. The summed E-state index contributed by atoms with van der Waals surface area (Å²) in [7, 11) is 0. The molecule has 0 heterocycles. The van der Waals surface area contributed by atoms with Crippen molar-refractivity contribution in [1.29, 1.82) is 0 Å². The van der Waals surface area contributed by atoms with Gasteiger partial charge in [0.05, 0.1) is 5.69 Å². The molecule has 0 N–H and O–H groups in total. The summed E-state index contributed by atoms with van der Waals surface area (Å²) < 4.78 is 0. The summed E-state index contributed by atoms with van der Waals surface area (Å²) in [5.41, 5.74) is 15.1. The molecule has 0 atom stereocenters. The molecule has 0 saturated carbocycles. The minimum absolute atomic E-state index is 0.0665. The number of fused-ring (bicyclic) bond motifs is 7. The number of hydrogen-bond donors (Lipinski definition) is 0. The van der Waals surface area contributed by atoms with Crippen LogP contribution in [0.4, 0.5) is 17.1 Å². The van der Waals surface area contributed by atoms with Crippen molar-refractivity contribution in [3.63, 3.8) is 0 Å². The fourth-order valence-corrected chi connectivity index (χ4v) is 8.25. The number of hydrogen-bond acceptors (Lipinski definition) is 1. The highest BCUT2D eigenvalue weighted by Crippen LogP contribution is 2.51. The average molecular weight is 678 g/mol. The van der Waals surface area contributed by atoms with Gasteiger partial charge in [0.15, 0.2) is 0 Å². The van der Waals surface area contributed by atoms with E-state index in [2.05, 4.69) is 208 Å². The maximum absolute atomic E-state index is 2.45. The van der Waals surface area contributed by atoms with E-state index in [1.54, 1.807) is 0 Å². The van der Waals surface area contributed by atoms with Crippen LogP contribution in [0.15, 0.2) is 182 Å². The maximum Gasteiger partial charge on any atom is 0.0546 e. The van der Waals surface area contributed by atoms with Gasteiger partial charge in [-0.1, -0.05) is 142 Å². The number of nitrogens with zero attached hydrogens (tertiary/aromatic N) is 1. The summed E-state index contributed by atoms with van der Waals surface area (Å²) in [6, 6.07) is 67.3. The number of benzene rings is 9. The van der Waals surface area contributed by atoms with E-state index >= 15 is 0 Å². The minimum Gasteiger partial charge on any atom is -0.310 e. The molecule has 0 spiro atoms. The van der Waals surface area contributed by atoms with Crippen LogP contribution in [0.1, 0.15) is 26.3 Å². The van der Waals surface area contributed by atoms with E-state index in [1.165, 1.54) is 82.4 Å². The Morgan fingerprint density at radius 2 is 0.887 bits per heavy atom. The second-order valence-corrected chi connectivity index (χ2v) is 15.4. The molecule has 0 radical (unpaired) electrons. The Morgan fingerprint density at radius 1 is 0.358 bits per heavy atom. The minimum atomic E-state index is 0.0665. The molecule has 10 rings (SSSR count). The normalized spacial score (nSPS) is 12.1. The summed E-state index contributed by atoms with van der Waals surface area (Å²) in [6.45, 7) is 6.83. The molecule has 0 unspecified atom stereocenters. The molecule has 1 nitrogen and oxygen atoms in total. The molecular formula is C52H39N. The van der Waals surface area contributed by atoms with Crippen LogP contribution < -0.4 is 4.90 Å². The Kier molecular flexibility index (Phi) is 7.13. The summed E-state index contributed by atoms with van der Waals surface area (Å²) in [5.74, 6) is 0. The predicted octanol–water partition coefficient (Wildman–Crippen LogP) is 14.9. The summed E-state index contributed by atoms with van der Waals surface area (Å²) >= 11 is 0. The monoisotopic (exact) mass is 677 g/mol. The molecule has 0 saturated heterocycles. The summed E-state index contributed by atoms with van der Waals surface area (Å²) in [4.78, 5) is 2.45. The van der Waals surface area contributed by atoms with Gasteiger partial charge >= 0.3 is 0 Å². The highest BCUT2D eigenvalue weighted by molar-refractivity contribution is 6.13. The van der Waals surface area contributed by atoms with E-state index < -0.39 is 0 Å². The molecule has 53 heavy (non-hydrogen) atoms. The number of anilines is 3. The highest BCUT2D eigenvalue weighted by Gasteiger charge is 2.25. The van der Waals surface area contributed by atoms with Crippen LogP contribution in [0.5, 0.6) is 0 Å². The van der Waals surface area contributed by atoms with Crippen LogP contribution >= 0.6 is 0 Å². The van der Waals surface area contributed by atoms with Gasteiger partial charge in [-0.25, -0.2) is 0 Å². The Balaban J connectivity index is 1.13. The molecule has 9 aromatic rings. The second kappa shape index (κ2) is 12.1. The molecule has 0 fully saturated rings. The molecule has 0 aromatic heterocycles. The third-order valence-corrected chi connectivity index (χ3v) is 11.1. The zero-order chi connectivity index (χ0) is 35.7. The smallest absolute Gasteiger partial charge is 0.0546 e. The molecule has 9 aromatic carbocycles. The van der Waals surface area contributed by atoms with Crippen LogP contribution in [0.25, 0.3) is 76.8 Å². The first kappa shape index (κ1) is 31.3. The molecule has 1 aliphatic rings. The van der Waals surface area contributed by atoms with Gasteiger partial charge in [0.1, 0.15) is 0 Å². The molecule has 252 valence electrons. The quantitative estimate of drug-likeness (QED) is 0.175. The van der Waals surface area contributed by atoms with Gasteiger partial charge in [-0.2, -0.15) is 0 Å². The van der Waals surface area contributed by atoms with Crippen molar-refractivity contribution in [2.75, 3.05) is 4.90 Å². The highest BCUT2D eigenvalue weighted by atomic mass is 15.1. The van der Waals surface area contributed by atoms with E-state index in [0.29, 0.717) is 0 Å². The summed E-state index contributed by atoms with van der Waals surface area (Å²) in [6.07, 6.45) is 0. The first-order valence-electron chi connectivity index (χ1n) is 18.6. The van der Waals surface area contributed by atoms with E-state index in [9.17, 15) is 0 Å². The lowest BCUT2D eigenvalue weighted by Gasteiger charge is -2.30. The number of rotatable bonds is 5. The van der Waals surface area contributed by atoms with Crippen molar-refractivity contribution in [2.24, 2.45) is 0 Å². The van der Waals surface area contributed by atoms with Crippen molar-refractivity contribution in [3.8, 4) is 44.5 Å².